The highest BCUT2D eigenvalue weighted by molar-refractivity contribution is 5.50. The Balaban J connectivity index is 2.87. The molecule has 0 bridgehead atoms. The van der Waals surface area contributed by atoms with Crippen LogP contribution in [0.4, 0.5) is 0 Å². The van der Waals surface area contributed by atoms with E-state index in [1.54, 1.807) is 6.08 Å². The summed E-state index contributed by atoms with van der Waals surface area (Å²) in [6.07, 6.45) is 21.4. The second-order valence-electron chi connectivity index (χ2n) is 4.46. The van der Waals surface area contributed by atoms with Gasteiger partial charge in [0.2, 0.25) is 0 Å². The third kappa shape index (κ3) is 4.97. The maximum Gasteiger partial charge on any atom is -0.00668 e. The van der Waals surface area contributed by atoms with Crippen LogP contribution < -0.4 is 0 Å². The summed E-state index contributed by atoms with van der Waals surface area (Å²) in [7, 11) is 0. The Kier molecular flexibility index (Phi) is 6.38. The van der Waals surface area contributed by atoms with Crippen LogP contribution in [0.25, 0.3) is 0 Å². The zero-order valence-corrected chi connectivity index (χ0v) is 11.9. The minimum Gasteiger partial charge on any atom is -0.0991 e. The third-order valence-electron chi connectivity index (χ3n) is 2.90. The van der Waals surface area contributed by atoms with Crippen molar-refractivity contribution in [3.63, 3.8) is 0 Å². The van der Waals surface area contributed by atoms with Crippen LogP contribution in [0.5, 0.6) is 0 Å². The minimum absolute atomic E-state index is 1.05. The van der Waals surface area contributed by atoms with Gasteiger partial charge in [-0.3, -0.25) is 0 Å². The first-order valence-corrected chi connectivity index (χ1v) is 6.54. The summed E-state index contributed by atoms with van der Waals surface area (Å²) >= 11 is 0. The van der Waals surface area contributed by atoms with Crippen molar-refractivity contribution in [3.8, 4) is 0 Å². The Hall–Kier alpha value is -2.08. The van der Waals surface area contributed by atoms with E-state index >= 15 is 0 Å². The SMILES string of the molecule is C=C\C=C/C(=C\C)C(/C=C\C1=CC=C(C)C1)=C/C=C. The van der Waals surface area contributed by atoms with Gasteiger partial charge < -0.3 is 0 Å². The number of hydrogen-bond donors (Lipinski definition) is 0. The predicted molar refractivity (Wildman–Crippen MR) is 87.0 cm³/mol. The van der Waals surface area contributed by atoms with E-state index in [-0.39, 0.29) is 0 Å². The van der Waals surface area contributed by atoms with Crippen LogP contribution in [-0.2, 0) is 0 Å². The molecule has 0 atom stereocenters. The average molecular weight is 250 g/mol. The van der Waals surface area contributed by atoms with Gasteiger partial charge in [-0.2, -0.15) is 0 Å². The maximum absolute atomic E-state index is 3.78. The van der Waals surface area contributed by atoms with Crippen LogP contribution in [0.2, 0.25) is 0 Å². The Morgan fingerprint density at radius 3 is 2.42 bits per heavy atom. The highest BCUT2D eigenvalue weighted by atomic mass is 14.1. The second-order valence-corrected chi connectivity index (χ2v) is 4.46. The van der Waals surface area contributed by atoms with E-state index in [4.69, 9.17) is 0 Å². The minimum atomic E-state index is 1.05. The molecule has 0 aromatic rings. The van der Waals surface area contributed by atoms with E-state index in [0.29, 0.717) is 0 Å². The van der Waals surface area contributed by atoms with Crippen molar-refractivity contribution < 1.29 is 0 Å². The van der Waals surface area contributed by atoms with E-state index in [9.17, 15) is 0 Å². The van der Waals surface area contributed by atoms with Gasteiger partial charge in [0.05, 0.1) is 0 Å². The van der Waals surface area contributed by atoms with Gasteiger partial charge in [-0.15, -0.1) is 0 Å². The Bertz CT molecular complexity index is 514. The highest BCUT2D eigenvalue weighted by Crippen LogP contribution is 2.21. The first kappa shape index (κ1) is 15.0. The van der Waals surface area contributed by atoms with Crippen molar-refractivity contribution >= 4 is 0 Å². The molecule has 0 spiro atoms. The van der Waals surface area contributed by atoms with Gasteiger partial charge in [0.15, 0.2) is 0 Å². The van der Waals surface area contributed by atoms with Gasteiger partial charge >= 0.3 is 0 Å². The number of rotatable bonds is 6. The molecule has 0 N–H and O–H groups in total. The molecule has 1 aliphatic carbocycles. The summed E-state index contributed by atoms with van der Waals surface area (Å²) in [5, 5.41) is 0. The van der Waals surface area contributed by atoms with Crippen molar-refractivity contribution in [2.24, 2.45) is 0 Å². The Labute approximate surface area is 117 Å². The lowest BCUT2D eigenvalue weighted by molar-refractivity contribution is 1.19. The van der Waals surface area contributed by atoms with Crippen molar-refractivity contribution in [2.45, 2.75) is 20.3 Å². The molecule has 0 saturated heterocycles. The summed E-state index contributed by atoms with van der Waals surface area (Å²) in [6.45, 7) is 11.7. The molecule has 0 unspecified atom stereocenters. The van der Waals surface area contributed by atoms with Crippen LogP contribution in [0.3, 0.4) is 0 Å². The van der Waals surface area contributed by atoms with E-state index < -0.39 is 0 Å². The Morgan fingerprint density at radius 2 is 1.89 bits per heavy atom. The predicted octanol–water partition coefficient (Wildman–Crippen LogP) is 5.62. The lowest BCUT2D eigenvalue weighted by Gasteiger charge is -2.03. The lowest BCUT2D eigenvalue weighted by atomic mass is 10.0. The van der Waals surface area contributed by atoms with E-state index in [1.807, 2.05) is 25.2 Å². The summed E-state index contributed by atoms with van der Waals surface area (Å²) in [5.41, 5.74) is 5.07. The molecule has 0 heteroatoms. The zero-order valence-electron chi connectivity index (χ0n) is 11.9. The fourth-order valence-electron chi connectivity index (χ4n) is 1.91. The van der Waals surface area contributed by atoms with Crippen molar-refractivity contribution in [3.05, 3.63) is 96.2 Å². The second kappa shape index (κ2) is 8.10. The van der Waals surface area contributed by atoms with Gasteiger partial charge in [-0.1, -0.05) is 79.5 Å². The van der Waals surface area contributed by atoms with Gasteiger partial charge in [0.25, 0.3) is 0 Å². The molecule has 0 aromatic carbocycles. The lowest BCUT2D eigenvalue weighted by Crippen LogP contribution is -1.83. The van der Waals surface area contributed by atoms with Crippen LogP contribution in [0.1, 0.15) is 20.3 Å². The topological polar surface area (TPSA) is 0 Å². The molecule has 0 saturated carbocycles. The monoisotopic (exact) mass is 250 g/mol. The molecular formula is C19H22. The summed E-state index contributed by atoms with van der Waals surface area (Å²) < 4.78 is 0. The van der Waals surface area contributed by atoms with Crippen LogP contribution >= 0.6 is 0 Å². The Morgan fingerprint density at radius 1 is 1.11 bits per heavy atom. The van der Waals surface area contributed by atoms with Crippen LogP contribution in [-0.4, -0.2) is 0 Å². The van der Waals surface area contributed by atoms with E-state index in [2.05, 4.69) is 56.5 Å². The smallest absolute Gasteiger partial charge is 0.00668 e. The summed E-state index contributed by atoms with van der Waals surface area (Å²) in [6, 6.07) is 0. The van der Waals surface area contributed by atoms with E-state index in [0.717, 1.165) is 12.0 Å². The fraction of sp³-hybridized carbons (Fsp3) is 0.158. The highest BCUT2D eigenvalue weighted by Gasteiger charge is 2.01. The van der Waals surface area contributed by atoms with Gasteiger partial charge in [-0.25, -0.2) is 0 Å². The number of allylic oxidation sites excluding steroid dienone is 14. The first-order valence-electron chi connectivity index (χ1n) is 6.54. The molecule has 1 aliphatic rings. The molecule has 1 rings (SSSR count). The molecule has 0 fully saturated rings. The van der Waals surface area contributed by atoms with Crippen molar-refractivity contribution in [2.75, 3.05) is 0 Å². The first-order chi connectivity index (χ1) is 9.21. The number of hydrogen-bond acceptors (Lipinski definition) is 0. The van der Waals surface area contributed by atoms with Gasteiger partial charge in [-0.05, 0) is 37.0 Å². The van der Waals surface area contributed by atoms with Gasteiger partial charge in [0, 0.05) is 0 Å². The molecular weight excluding hydrogens is 228 g/mol. The average Bonchev–Trinajstić information content (AvgIpc) is 2.82. The maximum atomic E-state index is 3.78. The van der Waals surface area contributed by atoms with Crippen LogP contribution in [0, 0.1) is 0 Å². The van der Waals surface area contributed by atoms with Gasteiger partial charge in [0.1, 0.15) is 0 Å². The zero-order chi connectivity index (χ0) is 14.1. The molecule has 19 heavy (non-hydrogen) atoms. The quantitative estimate of drug-likeness (QED) is 0.537. The third-order valence-corrected chi connectivity index (χ3v) is 2.90. The molecule has 0 aliphatic heterocycles. The van der Waals surface area contributed by atoms with E-state index in [1.165, 1.54) is 16.7 Å². The van der Waals surface area contributed by atoms with Crippen molar-refractivity contribution in [1.29, 1.82) is 0 Å². The normalized spacial score (nSPS) is 16.9. The standard InChI is InChI=1S/C19H22/c1-5-8-10-18(7-3)19(9-6-2)14-13-17-12-11-16(4)15-17/h5-14H,1-2,15H2,3-4H3/b10-8-,14-13-,18-7+,19-9+. The molecule has 98 valence electrons. The van der Waals surface area contributed by atoms with Crippen LogP contribution in [0.15, 0.2) is 96.2 Å². The molecule has 0 amide bonds. The largest absolute Gasteiger partial charge is 0.0991 e. The summed E-state index contributed by atoms with van der Waals surface area (Å²) in [4.78, 5) is 0. The summed E-state index contributed by atoms with van der Waals surface area (Å²) in [5.74, 6) is 0. The molecule has 0 nitrogen and oxygen atoms in total. The molecule has 0 radical (unpaired) electrons. The molecule has 0 heterocycles. The molecule has 0 aromatic heterocycles. The van der Waals surface area contributed by atoms with Crippen molar-refractivity contribution in [1.82, 2.24) is 0 Å². The fourth-order valence-corrected chi connectivity index (χ4v) is 1.91.